The van der Waals surface area contributed by atoms with Gasteiger partial charge in [-0.15, -0.1) is 0 Å². The second-order valence-electron chi connectivity index (χ2n) is 4.66. The summed E-state index contributed by atoms with van der Waals surface area (Å²) in [6, 6.07) is 11.3. The number of nitrogens with two attached hydrogens (primary N) is 1. The standard InChI is InChI=1S/C15H14Cl2N2O/c16-9-4-5-13(17)12(6-9)11-2-1-3-14-15(11)20-10(7-18)8-19-14/h1-6,10,19H,7-8,18H2. The fourth-order valence-electron chi connectivity index (χ4n) is 2.28. The second kappa shape index (κ2) is 5.52. The Morgan fingerprint density at radius 1 is 1.20 bits per heavy atom. The molecule has 5 heteroatoms. The Balaban J connectivity index is 2.13. The van der Waals surface area contributed by atoms with Crippen LogP contribution in [0, 0.1) is 0 Å². The maximum atomic E-state index is 6.28. The molecule has 0 spiro atoms. The van der Waals surface area contributed by atoms with Crippen LogP contribution in [0.4, 0.5) is 5.69 Å². The Labute approximate surface area is 127 Å². The zero-order valence-electron chi connectivity index (χ0n) is 10.7. The van der Waals surface area contributed by atoms with E-state index in [4.69, 9.17) is 33.7 Å². The van der Waals surface area contributed by atoms with Crippen molar-refractivity contribution in [2.75, 3.05) is 18.4 Å². The molecule has 1 heterocycles. The minimum absolute atomic E-state index is 0.0402. The van der Waals surface area contributed by atoms with Crippen LogP contribution in [0.15, 0.2) is 36.4 Å². The van der Waals surface area contributed by atoms with Crippen molar-refractivity contribution < 1.29 is 4.74 Å². The van der Waals surface area contributed by atoms with Crippen LogP contribution in [0.2, 0.25) is 10.0 Å². The number of halogens is 2. The van der Waals surface area contributed by atoms with Gasteiger partial charge in [0, 0.05) is 27.7 Å². The summed E-state index contributed by atoms with van der Waals surface area (Å²) in [6.07, 6.45) is -0.0402. The predicted molar refractivity (Wildman–Crippen MR) is 83.9 cm³/mol. The monoisotopic (exact) mass is 308 g/mol. The maximum Gasteiger partial charge on any atom is 0.150 e. The molecule has 1 aliphatic rings. The topological polar surface area (TPSA) is 47.3 Å². The third-order valence-electron chi connectivity index (χ3n) is 3.30. The Hall–Kier alpha value is -1.42. The SMILES string of the molecule is NCC1CNc2cccc(-c3cc(Cl)ccc3Cl)c2O1. The van der Waals surface area contributed by atoms with Crippen LogP contribution in [0.3, 0.4) is 0 Å². The third kappa shape index (κ3) is 2.44. The van der Waals surface area contributed by atoms with Crippen LogP contribution in [-0.4, -0.2) is 19.2 Å². The lowest BCUT2D eigenvalue weighted by molar-refractivity contribution is 0.215. The molecule has 0 saturated heterocycles. The Morgan fingerprint density at radius 3 is 2.85 bits per heavy atom. The zero-order chi connectivity index (χ0) is 14.1. The molecule has 104 valence electrons. The van der Waals surface area contributed by atoms with Crippen LogP contribution < -0.4 is 15.8 Å². The lowest BCUT2D eigenvalue weighted by Gasteiger charge is -2.28. The number of anilines is 1. The second-order valence-corrected chi connectivity index (χ2v) is 5.51. The smallest absolute Gasteiger partial charge is 0.150 e. The van der Waals surface area contributed by atoms with E-state index in [1.165, 1.54) is 0 Å². The van der Waals surface area contributed by atoms with Crippen LogP contribution in [0.25, 0.3) is 11.1 Å². The van der Waals surface area contributed by atoms with Gasteiger partial charge >= 0.3 is 0 Å². The normalized spacial score (nSPS) is 17.1. The molecular formula is C15H14Cl2N2O. The van der Waals surface area contributed by atoms with E-state index >= 15 is 0 Å². The minimum Gasteiger partial charge on any atom is -0.484 e. The Morgan fingerprint density at radius 2 is 2.05 bits per heavy atom. The van der Waals surface area contributed by atoms with Gasteiger partial charge < -0.3 is 15.8 Å². The fraction of sp³-hybridized carbons (Fsp3) is 0.200. The van der Waals surface area contributed by atoms with Crippen molar-refractivity contribution in [1.82, 2.24) is 0 Å². The van der Waals surface area contributed by atoms with Gasteiger partial charge in [-0.2, -0.15) is 0 Å². The molecule has 0 bridgehead atoms. The van der Waals surface area contributed by atoms with Crippen molar-refractivity contribution >= 4 is 28.9 Å². The first-order chi connectivity index (χ1) is 9.69. The molecule has 1 atom stereocenters. The average Bonchev–Trinajstić information content (AvgIpc) is 2.48. The van der Waals surface area contributed by atoms with Gasteiger partial charge in [0.2, 0.25) is 0 Å². The van der Waals surface area contributed by atoms with E-state index in [1.807, 2.05) is 24.3 Å². The first-order valence-electron chi connectivity index (χ1n) is 6.38. The van der Waals surface area contributed by atoms with Gasteiger partial charge in [-0.05, 0) is 24.3 Å². The van der Waals surface area contributed by atoms with E-state index in [0.717, 1.165) is 22.6 Å². The molecule has 3 N–H and O–H groups in total. The summed E-state index contributed by atoms with van der Waals surface area (Å²) in [7, 11) is 0. The van der Waals surface area contributed by atoms with Gasteiger partial charge in [-0.1, -0.05) is 35.3 Å². The molecule has 1 unspecified atom stereocenters. The van der Waals surface area contributed by atoms with Gasteiger partial charge in [-0.3, -0.25) is 0 Å². The molecular weight excluding hydrogens is 295 g/mol. The van der Waals surface area contributed by atoms with Gasteiger partial charge in [0.1, 0.15) is 6.10 Å². The molecule has 20 heavy (non-hydrogen) atoms. The molecule has 0 amide bonds. The largest absolute Gasteiger partial charge is 0.484 e. The summed E-state index contributed by atoms with van der Waals surface area (Å²) < 4.78 is 5.97. The number of ether oxygens (including phenoxy) is 1. The van der Waals surface area contributed by atoms with Gasteiger partial charge in [0.25, 0.3) is 0 Å². The van der Waals surface area contributed by atoms with Crippen molar-refractivity contribution in [2.24, 2.45) is 5.73 Å². The van der Waals surface area contributed by atoms with Crippen LogP contribution in [0.1, 0.15) is 0 Å². The summed E-state index contributed by atoms with van der Waals surface area (Å²) in [4.78, 5) is 0. The summed E-state index contributed by atoms with van der Waals surface area (Å²) in [5.74, 6) is 0.776. The highest BCUT2D eigenvalue weighted by atomic mass is 35.5. The van der Waals surface area contributed by atoms with Crippen LogP contribution in [-0.2, 0) is 0 Å². The van der Waals surface area contributed by atoms with Crippen molar-refractivity contribution in [3.63, 3.8) is 0 Å². The third-order valence-corrected chi connectivity index (χ3v) is 3.87. The number of benzene rings is 2. The molecule has 0 aromatic heterocycles. The van der Waals surface area contributed by atoms with Crippen molar-refractivity contribution in [3.05, 3.63) is 46.4 Å². The van der Waals surface area contributed by atoms with E-state index in [9.17, 15) is 0 Å². The number of fused-ring (bicyclic) bond motifs is 1. The lowest BCUT2D eigenvalue weighted by Crippen LogP contribution is -2.37. The van der Waals surface area contributed by atoms with E-state index in [1.54, 1.807) is 12.1 Å². The van der Waals surface area contributed by atoms with E-state index in [2.05, 4.69) is 5.32 Å². The molecule has 1 aliphatic heterocycles. The molecule has 0 saturated carbocycles. The fourth-order valence-corrected chi connectivity index (χ4v) is 2.67. The highest BCUT2D eigenvalue weighted by molar-refractivity contribution is 6.35. The minimum atomic E-state index is -0.0402. The quantitative estimate of drug-likeness (QED) is 0.887. The van der Waals surface area contributed by atoms with Crippen molar-refractivity contribution in [3.8, 4) is 16.9 Å². The van der Waals surface area contributed by atoms with E-state index in [-0.39, 0.29) is 6.10 Å². The summed E-state index contributed by atoms with van der Waals surface area (Å²) in [5.41, 5.74) is 8.41. The van der Waals surface area contributed by atoms with Gasteiger partial charge in [0.05, 0.1) is 12.2 Å². The number of para-hydroxylation sites is 1. The maximum absolute atomic E-state index is 6.28. The first-order valence-corrected chi connectivity index (χ1v) is 7.13. The molecule has 0 radical (unpaired) electrons. The molecule has 0 aliphatic carbocycles. The van der Waals surface area contributed by atoms with Crippen molar-refractivity contribution in [2.45, 2.75) is 6.10 Å². The average molecular weight is 309 g/mol. The molecule has 0 fully saturated rings. The van der Waals surface area contributed by atoms with Crippen molar-refractivity contribution in [1.29, 1.82) is 0 Å². The molecule has 2 aromatic carbocycles. The zero-order valence-corrected chi connectivity index (χ0v) is 12.2. The number of hydrogen-bond acceptors (Lipinski definition) is 3. The van der Waals surface area contributed by atoms with Gasteiger partial charge in [-0.25, -0.2) is 0 Å². The lowest BCUT2D eigenvalue weighted by atomic mass is 10.0. The Bertz CT molecular complexity index is 646. The van der Waals surface area contributed by atoms with E-state index in [0.29, 0.717) is 23.1 Å². The van der Waals surface area contributed by atoms with Crippen LogP contribution in [0.5, 0.6) is 5.75 Å². The number of nitrogens with one attached hydrogen (secondary N) is 1. The van der Waals surface area contributed by atoms with Crippen LogP contribution >= 0.6 is 23.2 Å². The molecule has 3 nitrogen and oxygen atoms in total. The first kappa shape index (κ1) is 13.6. The molecule has 3 rings (SSSR count). The Kier molecular flexibility index (Phi) is 3.74. The highest BCUT2D eigenvalue weighted by Gasteiger charge is 2.22. The number of hydrogen-bond donors (Lipinski definition) is 2. The predicted octanol–water partition coefficient (Wildman–Crippen LogP) is 3.79. The van der Waals surface area contributed by atoms with Gasteiger partial charge in [0.15, 0.2) is 5.75 Å². The number of rotatable bonds is 2. The highest BCUT2D eigenvalue weighted by Crippen LogP contribution is 2.42. The summed E-state index contributed by atoms with van der Waals surface area (Å²) in [5, 5.41) is 4.61. The summed E-state index contributed by atoms with van der Waals surface area (Å²) in [6.45, 7) is 1.17. The van der Waals surface area contributed by atoms with E-state index < -0.39 is 0 Å². The molecule has 2 aromatic rings. The summed E-state index contributed by atoms with van der Waals surface area (Å²) >= 11 is 12.4.